The van der Waals surface area contributed by atoms with Gasteiger partial charge in [-0.1, -0.05) is 163 Å². The maximum atomic E-state index is 3.73. The highest BCUT2D eigenvalue weighted by molar-refractivity contribution is 5.30. The number of aryl methyl sites for hydroxylation is 3. The van der Waals surface area contributed by atoms with Gasteiger partial charge in [-0.05, 0) is 90.1 Å². The Morgan fingerprint density at radius 2 is 0.769 bits per heavy atom. The summed E-state index contributed by atoms with van der Waals surface area (Å²) in [6.45, 7) is 23.9. The molecule has 0 unspecified atom stereocenters. The van der Waals surface area contributed by atoms with E-state index in [1.807, 2.05) is 0 Å². The van der Waals surface area contributed by atoms with Crippen LogP contribution in [0.5, 0.6) is 0 Å². The summed E-state index contributed by atoms with van der Waals surface area (Å²) in [5, 5.41) is 3.73. The van der Waals surface area contributed by atoms with Crippen LogP contribution >= 0.6 is 0 Å². The van der Waals surface area contributed by atoms with Crippen molar-refractivity contribution in [1.82, 2.24) is 15.1 Å². The molecule has 0 aliphatic heterocycles. The van der Waals surface area contributed by atoms with Crippen LogP contribution < -0.4 is 5.32 Å². The van der Waals surface area contributed by atoms with E-state index in [2.05, 4.69) is 164 Å². The zero-order valence-electron chi connectivity index (χ0n) is 35.5. The normalized spacial score (nSPS) is 17.5. The van der Waals surface area contributed by atoms with Crippen molar-refractivity contribution in [3.63, 3.8) is 0 Å². The van der Waals surface area contributed by atoms with Gasteiger partial charge in [-0.25, -0.2) is 0 Å². The first-order chi connectivity index (χ1) is 24.6. The lowest BCUT2D eigenvalue weighted by Gasteiger charge is -2.39. The zero-order valence-corrected chi connectivity index (χ0v) is 35.5. The highest BCUT2D eigenvalue weighted by Crippen LogP contribution is 2.31. The largest absolute Gasteiger partial charge is 0.313 e. The van der Waals surface area contributed by atoms with Crippen LogP contribution in [0.3, 0.4) is 0 Å². The third-order valence-electron chi connectivity index (χ3n) is 12.6. The number of benzene rings is 3. The topological polar surface area (TPSA) is 18.5 Å². The molecule has 3 aliphatic carbocycles. The fraction of sp³-hybridized carbons (Fsp3) is 0.633. The Hall–Kier alpha value is -2.46. The molecular weight excluding hydrogens is 631 g/mol. The van der Waals surface area contributed by atoms with E-state index in [0.29, 0.717) is 0 Å². The molecule has 3 aromatic carbocycles. The van der Waals surface area contributed by atoms with E-state index in [-0.39, 0.29) is 16.2 Å². The molecule has 0 spiro atoms. The minimum atomic E-state index is 0.232. The number of nitrogens with one attached hydrogen (secondary N) is 1. The van der Waals surface area contributed by atoms with Gasteiger partial charge in [0.1, 0.15) is 0 Å². The lowest BCUT2D eigenvalue weighted by atomic mass is 9.82. The van der Waals surface area contributed by atoms with E-state index in [0.717, 1.165) is 37.8 Å². The van der Waals surface area contributed by atoms with Crippen molar-refractivity contribution < 1.29 is 0 Å². The van der Waals surface area contributed by atoms with E-state index in [1.165, 1.54) is 104 Å². The van der Waals surface area contributed by atoms with Crippen LogP contribution in [0.15, 0.2) is 72.8 Å². The Bertz CT molecular complexity index is 1430. The maximum absolute atomic E-state index is 3.73. The SMILES string of the molecule is Cc1ccc(C(C)(C)CN(C)C2CCC2)cc1.Cc1ccc(C(C)(C)CN(C)C2CCCC2)cc1.Cc1ccc(C(C)(C)CNC2CCCC2)cc1. The summed E-state index contributed by atoms with van der Waals surface area (Å²) in [5.41, 5.74) is 9.10. The molecule has 3 nitrogen and oxygen atoms in total. The van der Waals surface area contributed by atoms with Crippen LogP contribution in [-0.2, 0) is 16.2 Å². The fourth-order valence-electron chi connectivity index (χ4n) is 8.51. The predicted molar refractivity (Wildman–Crippen MR) is 228 cm³/mol. The number of hydrogen-bond donors (Lipinski definition) is 1. The van der Waals surface area contributed by atoms with Gasteiger partial charge in [0.15, 0.2) is 0 Å². The van der Waals surface area contributed by atoms with Crippen molar-refractivity contribution in [2.24, 2.45) is 0 Å². The van der Waals surface area contributed by atoms with Gasteiger partial charge in [0.25, 0.3) is 0 Å². The molecule has 0 amide bonds. The molecule has 288 valence electrons. The van der Waals surface area contributed by atoms with Crippen LogP contribution in [0, 0.1) is 20.8 Å². The van der Waals surface area contributed by atoms with Gasteiger partial charge in [-0.3, -0.25) is 0 Å². The Morgan fingerprint density at radius 1 is 0.462 bits per heavy atom. The zero-order chi connectivity index (χ0) is 37.9. The average molecular weight is 708 g/mol. The number of likely N-dealkylation sites (N-methyl/N-ethyl adjacent to an activating group) is 2. The minimum absolute atomic E-state index is 0.232. The van der Waals surface area contributed by atoms with Gasteiger partial charge in [0, 0.05) is 54.0 Å². The Labute approximate surface area is 321 Å². The average Bonchev–Trinajstić information content (AvgIpc) is 3.80. The second-order valence-corrected chi connectivity index (χ2v) is 19.0. The summed E-state index contributed by atoms with van der Waals surface area (Å²) in [6.07, 6.45) is 15.3. The first-order valence-electron chi connectivity index (χ1n) is 20.9. The molecule has 3 fully saturated rings. The molecule has 52 heavy (non-hydrogen) atoms. The first-order valence-corrected chi connectivity index (χ1v) is 20.9. The smallest absolute Gasteiger partial charge is 0.00925 e. The van der Waals surface area contributed by atoms with E-state index in [4.69, 9.17) is 0 Å². The van der Waals surface area contributed by atoms with Crippen molar-refractivity contribution in [1.29, 1.82) is 0 Å². The Morgan fingerprint density at radius 3 is 1.10 bits per heavy atom. The monoisotopic (exact) mass is 708 g/mol. The molecule has 3 heteroatoms. The molecule has 0 heterocycles. The Kier molecular flexibility index (Phi) is 15.6. The third-order valence-corrected chi connectivity index (χ3v) is 12.6. The van der Waals surface area contributed by atoms with E-state index in [1.54, 1.807) is 0 Å². The molecule has 0 atom stereocenters. The summed E-state index contributed by atoms with van der Waals surface area (Å²) in [4.78, 5) is 5.12. The molecule has 3 aromatic rings. The van der Waals surface area contributed by atoms with Crippen LogP contribution in [0.25, 0.3) is 0 Å². The van der Waals surface area contributed by atoms with Crippen LogP contribution in [0.2, 0.25) is 0 Å². The minimum Gasteiger partial charge on any atom is -0.313 e. The van der Waals surface area contributed by atoms with Gasteiger partial charge in [-0.15, -0.1) is 0 Å². The van der Waals surface area contributed by atoms with Gasteiger partial charge < -0.3 is 15.1 Å². The van der Waals surface area contributed by atoms with Crippen LogP contribution in [0.1, 0.15) is 146 Å². The van der Waals surface area contributed by atoms with Crippen molar-refractivity contribution >= 4 is 0 Å². The lowest BCUT2D eigenvalue weighted by Crippen LogP contribution is -2.43. The summed E-state index contributed by atoms with van der Waals surface area (Å²) in [7, 11) is 4.58. The van der Waals surface area contributed by atoms with Gasteiger partial charge >= 0.3 is 0 Å². The molecule has 3 saturated carbocycles. The molecule has 0 radical (unpaired) electrons. The third kappa shape index (κ3) is 12.8. The van der Waals surface area contributed by atoms with E-state index in [9.17, 15) is 0 Å². The van der Waals surface area contributed by atoms with Crippen molar-refractivity contribution in [3.05, 3.63) is 106 Å². The van der Waals surface area contributed by atoms with Gasteiger partial charge in [-0.2, -0.15) is 0 Å². The molecule has 0 bridgehead atoms. The van der Waals surface area contributed by atoms with Crippen molar-refractivity contribution in [2.45, 2.75) is 167 Å². The molecular formula is C49H77N3. The number of hydrogen-bond acceptors (Lipinski definition) is 3. The fourth-order valence-corrected chi connectivity index (χ4v) is 8.51. The van der Waals surface area contributed by atoms with Gasteiger partial charge in [0.2, 0.25) is 0 Å². The molecule has 6 rings (SSSR count). The second-order valence-electron chi connectivity index (χ2n) is 19.0. The number of nitrogens with zero attached hydrogens (tertiary/aromatic N) is 2. The van der Waals surface area contributed by atoms with E-state index >= 15 is 0 Å². The summed E-state index contributed by atoms with van der Waals surface area (Å²) in [5.74, 6) is 0. The quantitative estimate of drug-likeness (QED) is 0.202. The molecule has 3 aliphatic rings. The highest BCUT2D eigenvalue weighted by atomic mass is 15.1. The number of rotatable bonds is 12. The molecule has 0 saturated heterocycles. The summed E-state index contributed by atoms with van der Waals surface area (Å²) >= 11 is 0. The summed E-state index contributed by atoms with van der Waals surface area (Å²) < 4.78 is 0. The lowest BCUT2D eigenvalue weighted by molar-refractivity contribution is 0.134. The maximum Gasteiger partial charge on any atom is 0.00925 e. The van der Waals surface area contributed by atoms with Crippen LogP contribution in [-0.4, -0.2) is 61.7 Å². The predicted octanol–water partition coefficient (Wildman–Crippen LogP) is 11.7. The standard InChI is InChI=1S/C17H27N.2C16H25N/c1-14-9-11-15(12-10-14)17(2,3)13-18(4)16-7-5-6-8-16;1-13-8-10-14(11-9-13)16(2,3)12-17(4)15-6-5-7-15;1-13-8-10-14(11-9-13)16(2,3)12-17-15-6-4-5-7-15/h9-12,16H,5-8,13H2,1-4H3;8-11,15H,5-7,12H2,1-4H3;8-11,15,17H,4-7,12H2,1-3H3. The van der Waals surface area contributed by atoms with Crippen molar-refractivity contribution in [3.8, 4) is 0 Å². The van der Waals surface area contributed by atoms with Crippen LogP contribution in [0.4, 0.5) is 0 Å². The van der Waals surface area contributed by atoms with Gasteiger partial charge in [0.05, 0.1) is 0 Å². The summed E-state index contributed by atoms with van der Waals surface area (Å²) in [6, 6.07) is 29.4. The highest BCUT2D eigenvalue weighted by Gasteiger charge is 2.29. The molecule has 0 aromatic heterocycles. The molecule has 1 N–H and O–H groups in total. The van der Waals surface area contributed by atoms with Crippen molar-refractivity contribution in [2.75, 3.05) is 33.7 Å². The second kappa shape index (κ2) is 19.2. The van der Waals surface area contributed by atoms with E-state index < -0.39 is 0 Å². The Balaban J connectivity index is 0.000000175. The first kappa shape index (κ1) is 42.3.